The number of nitrogens with zero attached hydrogens (tertiary/aromatic N) is 7. The summed E-state index contributed by atoms with van der Waals surface area (Å²) in [5.74, 6) is 0.721. The van der Waals surface area contributed by atoms with Crippen molar-refractivity contribution >= 4 is 34.4 Å². The summed E-state index contributed by atoms with van der Waals surface area (Å²) in [5, 5.41) is 2.05. The van der Waals surface area contributed by atoms with Crippen LogP contribution in [0.5, 0.6) is 0 Å². The molecule has 4 aromatic heterocycles. The molecule has 8 nitrogen and oxygen atoms in total. The molecule has 1 aliphatic rings. The van der Waals surface area contributed by atoms with Crippen molar-refractivity contribution in [1.82, 2.24) is 24.9 Å². The van der Waals surface area contributed by atoms with Gasteiger partial charge in [0.15, 0.2) is 5.58 Å². The van der Waals surface area contributed by atoms with Crippen LogP contribution in [0.25, 0.3) is 32.9 Å². The van der Waals surface area contributed by atoms with Crippen LogP contribution in [-0.4, -0.2) is 51.1 Å². The lowest BCUT2D eigenvalue weighted by molar-refractivity contribution is 0.539. The van der Waals surface area contributed by atoms with Crippen LogP contribution in [0, 0.1) is 0 Å². The molecule has 0 unspecified atom stereocenters. The van der Waals surface area contributed by atoms with Crippen LogP contribution in [0.15, 0.2) is 71.0 Å². The molecule has 1 aromatic carbocycles. The van der Waals surface area contributed by atoms with E-state index in [0.29, 0.717) is 6.01 Å². The molecular formula is C23H19N7OS. The second kappa shape index (κ2) is 8.01. The van der Waals surface area contributed by atoms with Crippen molar-refractivity contribution < 1.29 is 4.42 Å². The van der Waals surface area contributed by atoms with Gasteiger partial charge in [-0.3, -0.25) is 9.97 Å². The third-order valence-electron chi connectivity index (χ3n) is 5.49. The van der Waals surface area contributed by atoms with Crippen molar-refractivity contribution in [1.29, 1.82) is 0 Å². The van der Waals surface area contributed by atoms with Gasteiger partial charge in [-0.05, 0) is 23.6 Å². The second-order valence-corrected chi connectivity index (χ2v) is 8.39. The smallest absolute Gasteiger partial charge is 0.298 e. The summed E-state index contributed by atoms with van der Waals surface area (Å²) >= 11 is 1.65. The summed E-state index contributed by atoms with van der Waals surface area (Å²) in [5.41, 5.74) is 4.23. The molecule has 0 aliphatic carbocycles. The maximum atomic E-state index is 5.93. The molecule has 0 bridgehead atoms. The molecule has 5 aromatic rings. The molecule has 32 heavy (non-hydrogen) atoms. The van der Waals surface area contributed by atoms with Gasteiger partial charge in [0.05, 0.1) is 22.5 Å². The van der Waals surface area contributed by atoms with E-state index in [0.717, 1.165) is 65.1 Å². The summed E-state index contributed by atoms with van der Waals surface area (Å²) in [7, 11) is 0. The molecule has 0 amide bonds. The zero-order valence-corrected chi connectivity index (χ0v) is 17.9. The number of fused-ring (bicyclic) bond motifs is 1. The maximum absolute atomic E-state index is 5.93. The summed E-state index contributed by atoms with van der Waals surface area (Å²) in [4.78, 5) is 28.4. The molecule has 0 atom stereocenters. The normalized spacial score (nSPS) is 14.2. The predicted octanol–water partition coefficient (Wildman–Crippen LogP) is 4.13. The Balaban J connectivity index is 1.26. The highest BCUT2D eigenvalue weighted by molar-refractivity contribution is 7.13. The summed E-state index contributed by atoms with van der Waals surface area (Å²) in [6.45, 7) is 3.15. The molecular weight excluding hydrogens is 422 g/mol. The number of rotatable bonds is 4. The fourth-order valence-corrected chi connectivity index (χ4v) is 4.57. The van der Waals surface area contributed by atoms with Gasteiger partial charge >= 0.3 is 0 Å². The van der Waals surface area contributed by atoms with Crippen molar-refractivity contribution in [3.63, 3.8) is 0 Å². The first kappa shape index (κ1) is 18.9. The van der Waals surface area contributed by atoms with Crippen molar-refractivity contribution in [2.45, 2.75) is 0 Å². The largest absolute Gasteiger partial charge is 0.423 e. The van der Waals surface area contributed by atoms with Gasteiger partial charge in [-0.25, -0.2) is 9.97 Å². The second-order valence-electron chi connectivity index (χ2n) is 7.44. The predicted molar refractivity (Wildman–Crippen MR) is 125 cm³/mol. The average molecular weight is 442 g/mol. The maximum Gasteiger partial charge on any atom is 0.298 e. The third kappa shape index (κ3) is 3.46. The number of para-hydroxylation sites is 2. The Morgan fingerprint density at radius 1 is 0.844 bits per heavy atom. The molecule has 158 valence electrons. The zero-order valence-electron chi connectivity index (χ0n) is 17.1. The molecule has 0 saturated carbocycles. The van der Waals surface area contributed by atoms with Gasteiger partial charge in [0.25, 0.3) is 6.01 Å². The number of piperazine rings is 1. The SMILES string of the molecule is c1csc(-c2nc(N3CCN(c4nc5ccccc5o4)CC3)ncc2-c2cnccn2)c1. The number of hydrogen-bond acceptors (Lipinski definition) is 9. The van der Waals surface area contributed by atoms with Gasteiger partial charge in [-0.2, -0.15) is 4.98 Å². The van der Waals surface area contributed by atoms with Gasteiger partial charge < -0.3 is 14.2 Å². The molecule has 9 heteroatoms. The number of aromatic nitrogens is 5. The Kier molecular flexibility index (Phi) is 4.73. The zero-order chi connectivity index (χ0) is 21.3. The lowest BCUT2D eigenvalue weighted by atomic mass is 10.1. The van der Waals surface area contributed by atoms with Crippen LogP contribution in [0.1, 0.15) is 0 Å². The Morgan fingerprint density at radius 3 is 2.50 bits per heavy atom. The fourth-order valence-electron chi connectivity index (χ4n) is 3.84. The van der Waals surface area contributed by atoms with Crippen LogP contribution < -0.4 is 9.80 Å². The van der Waals surface area contributed by atoms with E-state index in [1.54, 1.807) is 29.9 Å². The molecule has 1 aliphatic heterocycles. The minimum atomic E-state index is 0.670. The van der Waals surface area contributed by atoms with Crippen molar-refractivity contribution in [3.8, 4) is 21.8 Å². The van der Waals surface area contributed by atoms with Crippen molar-refractivity contribution in [2.24, 2.45) is 0 Å². The third-order valence-corrected chi connectivity index (χ3v) is 6.36. The van der Waals surface area contributed by atoms with E-state index in [4.69, 9.17) is 9.40 Å². The minimum absolute atomic E-state index is 0.670. The molecule has 1 saturated heterocycles. The summed E-state index contributed by atoms with van der Waals surface area (Å²) in [6, 6.07) is 12.6. The van der Waals surface area contributed by atoms with E-state index >= 15 is 0 Å². The fraction of sp³-hybridized carbons (Fsp3) is 0.174. The first-order valence-corrected chi connectivity index (χ1v) is 11.3. The van der Waals surface area contributed by atoms with Crippen LogP contribution in [0.3, 0.4) is 0 Å². The number of oxazole rings is 1. The van der Waals surface area contributed by atoms with E-state index in [1.165, 1.54) is 0 Å². The number of thiophene rings is 1. The Bertz CT molecular complexity index is 1310. The first-order chi connectivity index (χ1) is 15.8. The summed E-state index contributed by atoms with van der Waals surface area (Å²) < 4.78 is 5.93. The number of anilines is 2. The topological polar surface area (TPSA) is 84.1 Å². The lowest BCUT2D eigenvalue weighted by Crippen LogP contribution is -2.47. The molecule has 6 rings (SSSR count). The Hall–Kier alpha value is -3.85. The van der Waals surface area contributed by atoms with E-state index < -0.39 is 0 Å². The highest BCUT2D eigenvalue weighted by atomic mass is 32.1. The number of benzene rings is 1. The van der Waals surface area contributed by atoms with E-state index in [2.05, 4.69) is 41.2 Å². The van der Waals surface area contributed by atoms with Gasteiger partial charge in [0.1, 0.15) is 5.52 Å². The van der Waals surface area contributed by atoms with Crippen LogP contribution in [0.2, 0.25) is 0 Å². The quantitative estimate of drug-likeness (QED) is 0.412. The van der Waals surface area contributed by atoms with Crippen LogP contribution >= 0.6 is 11.3 Å². The highest BCUT2D eigenvalue weighted by Crippen LogP contribution is 2.33. The van der Waals surface area contributed by atoms with Gasteiger partial charge in [-0.15, -0.1) is 11.3 Å². The lowest BCUT2D eigenvalue weighted by Gasteiger charge is -2.34. The summed E-state index contributed by atoms with van der Waals surface area (Å²) in [6.07, 6.45) is 6.95. The molecule has 5 heterocycles. The van der Waals surface area contributed by atoms with E-state index in [1.807, 2.05) is 36.5 Å². The molecule has 0 N–H and O–H groups in total. The monoisotopic (exact) mass is 441 g/mol. The van der Waals surface area contributed by atoms with Crippen LogP contribution in [0.4, 0.5) is 12.0 Å². The van der Waals surface area contributed by atoms with Crippen LogP contribution in [-0.2, 0) is 0 Å². The molecule has 0 radical (unpaired) electrons. The van der Waals surface area contributed by atoms with Gasteiger partial charge in [0, 0.05) is 50.3 Å². The highest BCUT2D eigenvalue weighted by Gasteiger charge is 2.24. The Morgan fingerprint density at radius 2 is 1.72 bits per heavy atom. The molecule has 0 spiro atoms. The van der Waals surface area contributed by atoms with E-state index in [-0.39, 0.29) is 0 Å². The Labute approximate surface area is 188 Å². The first-order valence-electron chi connectivity index (χ1n) is 10.4. The van der Waals surface area contributed by atoms with Crippen molar-refractivity contribution in [2.75, 3.05) is 36.0 Å². The number of hydrogen-bond donors (Lipinski definition) is 0. The van der Waals surface area contributed by atoms with Gasteiger partial charge in [0.2, 0.25) is 5.95 Å². The minimum Gasteiger partial charge on any atom is -0.423 e. The van der Waals surface area contributed by atoms with Crippen molar-refractivity contribution in [3.05, 3.63) is 66.6 Å². The average Bonchev–Trinajstić information content (AvgIpc) is 3.55. The van der Waals surface area contributed by atoms with E-state index in [9.17, 15) is 0 Å². The standard InChI is InChI=1S/C23H19N7OS/c1-2-5-19-17(4-1)27-23(31-19)30-11-9-29(10-12-30)22-26-14-16(18-15-24-7-8-25-18)21(28-22)20-6-3-13-32-20/h1-8,13-15H,9-12H2. The molecule has 1 fully saturated rings. The van der Waals surface area contributed by atoms with Gasteiger partial charge in [-0.1, -0.05) is 18.2 Å².